The fourth-order valence-electron chi connectivity index (χ4n) is 4.21. The highest BCUT2D eigenvalue weighted by Gasteiger charge is 2.22. The first-order valence-corrected chi connectivity index (χ1v) is 11.2. The van der Waals surface area contributed by atoms with Gasteiger partial charge in [0, 0.05) is 30.5 Å². The van der Waals surface area contributed by atoms with Gasteiger partial charge in [-0.1, -0.05) is 42.5 Å². The molecular weight excluding hydrogens is 442 g/mol. The van der Waals surface area contributed by atoms with Gasteiger partial charge in [-0.3, -0.25) is 4.79 Å². The molecule has 35 heavy (non-hydrogen) atoms. The molecule has 0 unspecified atom stereocenters. The monoisotopic (exact) mass is 465 g/mol. The molecule has 174 valence electrons. The first-order chi connectivity index (χ1) is 17.1. The van der Waals surface area contributed by atoms with Crippen molar-refractivity contribution in [3.63, 3.8) is 0 Å². The zero-order valence-corrected chi connectivity index (χ0v) is 19.1. The summed E-state index contributed by atoms with van der Waals surface area (Å²) in [5, 5.41) is 19.2. The van der Waals surface area contributed by atoms with E-state index in [0.29, 0.717) is 17.8 Å². The van der Waals surface area contributed by atoms with Gasteiger partial charge in [0.25, 0.3) is 5.56 Å². The predicted octanol–water partition coefficient (Wildman–Crippen LogP) is 4.69. The predicted molar refractivity (Wildman–Crippen MR) is 135 cm³/mol. The minimum absolute atomic E-state index is 0.0247. The van der Waals surface area contributed by atoms with Crippen molar-refractivity contribution >= 4 is 22.6 Å². The summed E-state index contributed by atoms with van der Waals surface area (Å²) in [5.74, 6) is -1.11. The molecule has 2 aliphatic heterocycles. The van der Waals surface area contributed by atoms with Crippen molar-refractivity contribution in [2.75, 3.05) is 0 Å². The molecule has 3 aromatic rings. The van der Waals surface area contributed by atoms with E-state index in [1.165, 1.54) is 10.7 Å². The largest absolute Gasteiger partial charge is 0.478 e. The van der Waals surface area contributed by atoms with E-state index >= 15 is 0 Å². The second kappa shape index (κ2) is 9.26. The Morgan fingerprint density at radius 2 is 1.89 bits per heavy atom. The molecule has 1 aromatic heterocycles. The summed E-state index contributed by atoms with van der Waals surface area (Å²) < 4.78 is 5.03. The van der Waals surface area contributed by atoms with Crippen LogP contribution in [0.3, 0.4) is 0 Å². The van der Waals surface area contributed by atoms with Crippen molar-refractivity contribution in [2.45, 2.75) is 19.9 Å². The fourth-order valence-corrected chi connectivity index (χ4v) is 4.21. The third-order valence-electron chi connectivity index (χ3n) is 5.88. The number of carbonyl (C=O) groups is 1. The van der Waals surface area contributed by atoms with E-state index in [1.54, 1.807) is 29.1 Å². The van der Waals surface area contributed by atoms with Gasteiger partial charge >= 0.3 is 5.97 Å². The maximum absolute atomic E-state index is 13.4. The van der Waals surface area contributed by atoms with Crippen molar-refractivity contribution in [2.24, 2.45) is 0 Å². The van der Waals surface area contributed by atoms with E-state index in [4.69, 9.17) is 0 Å². The summed E-state index contributed by atoms with van der Waals surface area (Å²) in [7, 11) is 0. The quantitative estimate of drug-likeness (QED) is 0.352. The van der Waals surface area contributed by atoms with E-state index < -0.39 is 5.97 Å². The fraction of sp³-hybridized carbons (Fsp3) is 0.111. The van der Waals surface area contributed by atoms with Crippen molar-refractivity contribution in [1.82, 2.24) is 24.1 Å². The van der Waals surface area contributed by atoms with Crippen LogP contribution in [0.4, 0.5) is 0 Å². The smallest absolute Gasteiger partial charge is 0.337 e. The van der Waals surface area contributed by atoms with Gasteiger partial charge in [-0.25, -0.2) is 9.48 Å². The average molecular weight is 466 g/mol. The Kier molecular flexibility index (Phi) is 5.85. The third-order valence-corrected chi connectivity index (χ3v) is 5.88. The molecule has 8 heteroatoms. The summed E-state index contributed by atoms with van der Waals surface area (Å²) in [5.41, 5.74) is 2.84. The average Bonchev–Trinajstić information content (AvgIpc) is 3.53. The number of carboxylic acids is 1. The number of pyridine rings is 1. The summed E-state index contributed by atoms with van der Waals surface area (Å²) in [6, 6.07) is 16.0. The van der Waals surface area contributed by atoms with Crippen molar-refractivity contribution in [1.29, 1.82) is 0 Å². The zero-order valence-electron chi connectivity index (χ0n) is 19.1. The molecule has 8 nitrogen and oxygen atoms in total. The van der Waals surface area contributed by atoms with Crippen molar-refractivity contribution in [3.8, 4) is 16.9 Å². The SMILES string of the molecule is C/C=C(\C=C/CCn1cc2c(=O)n(-c3ccccc3C(=O)O)nc-2c2ccccc21)n1cccn1. The number of allylic oxidation sites excluding steroid dienone is 4. The standard InChI is InChI=1S/C27H23N5O3/c1-2-19(31-17-9-15-28-31)10-7-8-16-30-18-22-25(20-11-3-5-13-23(20)30)29-32(26(22)33)24-14-6-4-12-21(24)27(34)35/h2-7,9-15,17-18H,8,16H2,1H3,(H,34,35)/b10-7-,19-2+. The number of aromatic nitrogens is 5. The van der Waals surface area contributed by atoms with Crippen LogP contribution in [0.15, 0.2) is 96.2 Å². The molecule has 0 amide bonds. The van der Waals surface area contributed by atoms with Gasteiger partial charge in [0.05, 0.1) is 28.0 Å². The van der Waals surface area contributed by atoms with Crippen LogP contribution < -0.4 is 5.56 Å². The lowest BCUT2D eigenvalue weighted by atomic mass is 10.1. The molecule has 0 aliphatic carbocycles. The van der Waals surface area contributed by atoms with Crippen molar-refractivity contribution in [3.05, 3.63) is 107 Å². The molecule has 3 heterocycles. The Balaban J connectivity index is 1.54. The van der Waals surface area contributed by atoms with Gasteiger partial charge in [-0.15, -0.1) is 0 Å². The van der Waals surface area contributed by atoms with Gasteiger partial charge in [0.1, 0.15) is 5.69 Å². The van der Waals surface area contributed by atoms with E-state index in [0.717, 1.165) is 23.0 Å². The Morgan fingerprint density at radius 3 is 2.66 bits per heavy atom. The molecule has 2 aromatic carbocycles. The minimum Gasteiger partial charge on any atom is -0.478 e. The van der Waals surface area contributed by atoms with E-state index in [9.17, 15) is 14.7 Å². The number of carboxylic acid groups (broad SMARTS) is 1. The van der Waals surface area contributed by atoms with Gasteiger partial charge in [-0.05, 0) is 43.7 Å². The highest BCUT2D eigenvalue weighted by atomic mass is 16.4. The first kappa shape index (κ1) is 22.1. The normalized spacial score (nSPS) is 12.2. The Bertz CT molecular complexity index is 1610. The number of nitrogens with zero attached hydrogens (tertiary/aromatic N) is 5. The molecule has 0 atom stereocenters. The summed E-state index contributed by atoms with van der Waals surface area (Å²) in [4.78, 5) is 25.1. The number of aromatic carboxylic acids is 1. The van der Waals surface area contributed by atoms with Gasteiger partial charge in [-0.2, -0.15) is 14.9 Å². The van der Waals surface area contributed by atoms with Crippen LogP contribution >= 0.6 is 0 Å². The number of benzene rings is 2. The Morgan fingerprint density at radius 1 is 1.09 bits per heavy atom. The number of fused-ring (bicyclic) bond motifs is 3. The molecular formula is C27H23N5O3. The minimum atomic E-state index is -1.11. The molecule has 0 spiro atoms. The summed E-state index contributed by atoms with van der Waals surface area (Å²) in [6.07, 6.45) is 12.3. The van der Waals surface area contributed by atoms with Gasteiger partial charge in [0.2, 0.25) is 0 Å². The lowest BCUT2D eigenvalue weighted by molar-refractivity contribution is 0.0696. The maximum atomic E-state index is 13.4. The molecule has 0 radical (unpaired) electrons. The Labute approximate surface area is 201 Å². The van der Waals surface area contributed by atoms with Crippen LogP contribution in [-0.2, 0) is 6.54 Å². The van der Waals surface area contributed by atoms with E-state index in [-0.39, 0.29) is 16.8 Å². The maximum Gasteiger partial charge on any atom is 0.337 e. The second-order valence-electron chi connectivity index (χ2n) is 8.00. The molecule has 5 rings (SSSR count). The molecule has 1 N–H and O–H groups in total. The number of aryl methyl sites for hydroxylation is 1. The second-order valence-corrected chi connectivity index (χ2v) is 8.00. The van der Waals surface area contributed by atoms with Crippen LogP contribution in [0.25, 0.3) is 33.5 Å². The van der Waals surface area contributed by atoms with Gasteiger partial charge < -0.3 is 9.67 Å². The topological polar surface area (TPSA) is 94.9 Å². The van der Waals surface area contributed by atoms with Crippen LogP contribution in [-0.4, -0.2) is 35.2 Å². The number of para-hydroxylation sites is 2. The van der Waals surface area contributed by atoms with Crippen LogP contribution in [0.2, 0.25) is 0 Å². The van der Waals surface area contributed by atoms with Crippen LogP contribution in [0, 0.1) is 0 Å². The van der Waals surface area contributed by atoms with Crippen molar-refractivity contribution < 1.29 is 9.90 Å². The van der Waals surface area contributed by atoms with E-state index in [2.05, 4.69) is 16.3 Å². The summed E-state index contributed by atoms with van der Waals surface area (Å²) >= 11 is 0. The molecule has 0 fully saturated rings. The zero-order chi connectivity index (χ0) is 24.4. The lowest BCUT2D eigenvalue weighted by Crippen LogP contribution is -2.18. The number of rotatable bonds is 7. The third kappa shape index (κ3) is 4.06. The highest BCUT2D eigenvalue weighted by Crippen LogP contribution is 2.28. The molecule has 0 saturated carbocycles. The Hall–Kier alpha value is -4.72. The van der Waals surface area contributed by atoms with E-state index in [1.807, 2.05) is 66.4 Å². The van der Waals surface area contributed by atoms with Crippen LogP contribution in [0.1, 0.15) is 23.7 Å². The lowest BCUT2D eigenvalue weighted by Gasteiger charge is -2.12. The first-order valence-electron chi connectivity index (χ1n) is 11.2. The molecule has 2 aliphatic rings. The molecule has 0 saturated heterocycles. The van der Waals surface area contributed by atoms with Gasteiger partial charge in [0.15, 0.2) is 0 Å². The number of hydrogen-bond acceptors (Lipinski definition) is 4. The van der Waals surface area contributed by atoms with Crippen LogP contribution in [0.5, 0.6) is 0 Å². The highest BCUT2D eigenvalue weighted by molar-refractivity contribution is 5.95. The molecule has 0 bridgehead atoms. The summed E-state index contributed by atoms with van der Waals surface area (Å²) in [6.45, 7) is 2.62. The number of hydrogen-bond donors (Lipinski definition) is 1.